The van der Waals surface area contributed by atoms with Crippen LogP contribution >= 0.6 is 27.3 Å². The van der Waals surface area contributed by atoms with Gasteiger partial charge in [0.15, 0.2) is 0 Å². The highest BCUT2D eigenvalue weighted by atomic mass is 79.9. The molecule has 0 unspecified atom stereocenters. The molecule has 5 rings (SSSR count). The lowest BCUT2D eigenvalue weighted by atomic mass is 10.00. The van der Waals surface area contributed by atoms with Gasteiger partial charge in [-0.1, -0.05) is 28.9 Å². The molecular weight excluding hydrogens is 490 g/mol. The van der Waals surface area contributed by atoms with Crippen molar-refractivity contribution in [2.45, 2.75) is 26.1 Å². The van der Waals surface area contributed by atoms with Gasteiger partial charge < -0.3 is 15.7 Å². The maximum Gasteiger partial charge on any atom is 0.256 e. The maximum atomic E-state index is 13.0. The van der Waals surface area contributed by atoms with E-state index in [1.54, 1.807) is 29.5 Å². The smallest absolute Gasteiger partial charge is 0.256 e. The average molecular weight is 512 g/mol. The van der Waals surface area contributed by atoms with Gasteiger partial charge in [0.05, 0.1) is 16.9 Å². The first-order valence-electron chi connectivity index (χ1n) is 10.5. The Morgan fingerprint density at radius 2 is 2.00 bits per heavy atom. The molecule has 7 nitrogen and oxygen atoms in total. The van der Waals surface area contributed by atoms with Gasteiger partial charge in [-0.25, -0.2) is 0 Å². The highest BCUT2D eigenvalue weighted by Gasteiger charge is 2.33. The van der Waals surface area contributed by atoms with Gasteiger partial charge in [0, 0.05) is 28.0 Å². The molecule has 3 aromatic rings. The first kappa shape index (κ1) is 21.1. The first-order chi connectivity index (χ1) is 15.5. The molecule has 32 heavy (non-hydrogen) atoms. The Kier molecular flexibility index (Phi) is 5.71. The van der Waals surface area contributed by atoms with E-state index in [9.17, 15) is 9.90 Å². The normalized spacial score (nSPS) is 18.2. The molecule has 0 bridgehead atoms. The lowest BCUT2D eigenvalue weighted by Gasteiger charge is -2.28. The standard InChI is InChI=1S/C23H22BrN5O2S/c1-2-29-9-8-16-19(12-29)32-23-20(16)22(31)25-21(26-23)17-11-15(6-7-18(17)30)28-27-14-5-3-4-13(24)10-14/h3-7,10-11,21,26,30H,2,8-9,12H2,1H3,(H,25,31)/t21-/m1/s1. The van der Waals surface area contributed by atoms with Crippen LogP contribution in [0.15, 0.2) is 57.2 Å². The van der Waals surface area contributed by atoms with E-state index in [1.165, 1.54) is 4.88 Å². The third-order valence-electron chi connectivity index (χ3n) is 5.77. The van der Waals surface area contributed by atoms with E-state index in [0.717, 1.165) is 46.7 Å². The van der Waals surface area contributed by atoms with E-state index in [1.807, 2.05) is 24.3 Å². The van der Waals surface area contributed by atoms with Crippen molar-refractivity contribution in [3.63, 3.8) is 0 Å². The van der Waals surface area contributed by atoms with Crippen molar-refractivity contribution in [1.82, 2.24) is 10.2 Å². The molecule has 2 aliphatic heterocycles. The number of benzene rings is 2. The minimum atomic E-state index is -0.543. The van der Waals surface area contributed by atoms with Gasteiger partial charge in [0.25, 0.3) is 5.91 Å². The average Bonchev–Trinajstić information content (AvgIpc) is 3.16. The van der Waals surface area contributed by atoms with Gasteiger partial charge in [-0.3, -0.25) is 9.69 Å². The molecule has 0 aliphatic carbocycles. The number of anilines is 1. The summed E-state index contributed by atoms with van der Waals surface area (Å²) in [4.78, 5) is 16.6. The van der Waals surface area contributed by atoms with E-state index in [4.69, 9.17) is 0 Å². The summed E-state index contributed by atoms with van der Waals surface area (Å²) in [7, 11) is 0. The predicted molar refractivity (Wildman–Crippen MR) is 129 cm³/mol. The van der Waals surface area contributed by atoms with Crippen molar-refractivity contribution in [1.29, 1.82) is 0 Å². The molecule has 1 amide bonds. The van der Waals surface area contributed by atoms with Gasteiger partial charge in [-0.15, -0.1) is 11.3 Å². The van der Waals surface area contributed by atoms with Crippen molar-refractivity contribution in [2.24, 2.45) is 10.2 Å². The number of fused-ring (bicyclic) bond motifs is 3. The Morgan fingerprint density at radius 1 is 1.19 bits per heavy atom. The fourth-order valence-electron chi connectivity index (χ4n) is 4.08. The van der Waals surface area contributed by atoms with Gasteiger partial charge in [-0.2, -0.15) is 10.2 Å². The number of hydrogen-bond donors (Lipinski definition) is 3. The molecular formula is C23H22BrN5O2S. The van der Waals surface area contributed by atoms with Crippen LogP contribution in [0.4, 0.5) is 16.4 Å². The number of thiophene rings is 1. The van der Waals surface area contributed by atoms with Crippen LogP contribution in [0.2, 0.25) is 0 Å². The summed E-state index contributed by atoms with van der Waals surface area (Å²) in [5.41, 5.74) is 3.76. The number of phenolic OH excluding ortho intramolecular Hbond substituents is 1. The van der Waals surface area contributed by atoms with Crippen molar-refractivity contribution in [3.05, 3.63) is 68.5 Å². The van der Waals surface area contributed by atoms with Crippen LogP contribution in [0.3, 0.4) is 0 Å². The predicted octanol–water partition coefficient (Wildman–Crippen LogP) is 5.86. The van der Waals surface area contributed by atoms with Crippen molar-refractivity contribution in [3.8, 4) is 5.75 Å². The summed E-state index contributed by atoms with van der Waals surface area (Å²) in [5.74, 6) is -0.0158. The number of phenols is 1. The number of amides is 1. The Labute approximate surface area is 198 Å². The third-order valence-corrected chi connectivity index (χ3v) is 7.41. The Hall–Kier alpha value is -2.75. The van der Waals surface area contributed by atoms with Crippen LogP contribution in [0, 0.1) is 0 Å². The fraction of sp³-hybridized carbons (Fsp3) is 0.261. The number of rotatable bonds is 4. The van der Waals surface area contributed by atoms with Crippen LogP contribution in [-0.2, 0) is 13.0 Å². The first-order valence-corrected chi connectivity index (χ1v) is 12.1. The molecule has 0 saturated heterocycles. The number of hydrogen-bond acceptors (Lipinski definition) is 7. The lowest BCUT2D eigenvalue weighted by Crippen LogP contribution is -2.38. The number of carbonyl (C=O) groups is 1. The zero-order valence-electron chi connectivity index (χ0n) is 17.4. The third kappa shape index (κ3) is 4.03. The van der Waals surface area contributed by atoms with Gasteiger partial charge >= 0.3 is 0 Å². The molecule has 0 radical (unpaired) electrons. The highest BCUT2D eigenvalue weighted by molar-refractivity contribution is 9.10. The van der Waals surface area contributed by atoms with E-state index in [-0.39, 0.29) is 11.7 Å². The minimum absolute atomic E-state index is 0.0890. The van der Waals surface area contributed by atoms with Gasteiger partial charge in [0.1, 0.15) is 16.9 Å². The summed E-state index contributed by atoms with van der Waals surface area (Å²) in [6, 6.07) is 12.6. The molecule has 0 saturated carbocycles. The molecule has 1 atom stereocenters. The van der Waals surface area contributed by atoms with E-state index in [2.05, 4.69) is 48.6 Å². The minimum Gasteiger partial charge on any atom is -0.508 e. The largest absolute Gasteiger partial charge is 0.508 e. The molecule has 0 spiro atoms. The SMILES string of the molecule is CCN1CCc2c(sc3c2C(=O)N[C@@H](c2cc(N=Nc4cccc(Br)c4)ccc2O)N3)C1. The summed E-state index contributed by atoms with van der Waals surface area (Å²) in [5, 5.41) is 26.3. The van der Waals surface area contributed by atoms with Crippen LogP contribution in [0.1, 0.15) is 39.5 Å². The van der Waals surface area contributed by atoms with Gasteiger partial charge in [-0.05, 0) is 54.9 Å². The van der Waals surface area contributed by atoms with E-state index >= 15 is 0 Å². The number of nitrogens with zero attached hydrogens (tertiary/aromatic N) is 3. The van der Waals surface area contributed by atoms with E-state index in [0.29, 0.717) is 16.9 Å². The molecule has 1 aromatic heterocycles. The Balaban J connectivity index is 1.42. The van der Waals surface area contributed by atoms with Gasteiger partial charge in [0.2, 0.25) is 0 Å². The van der Waals surface area contributed by atoms with Crippen LogP contribution in [0.25, 0.3) is 0 Å². The lowest BCUT2D eigenvalue weighted by molar-refractivity contribution is 0.0934. The number of aromatic hydroxyl groups is 1. The molecule has 2 aromatic carbocycles. The number of likely N-dealkylation sites (N-methyl/N-ethyl adjacent to an activating group) is 1. The summed E-state index contributed by atoms with van der Waals surface area (Å²) in [6.45, 7) is 5.00. The fourth-order valence-corrected chi connectivity index (χ4v) is 5.79. The number of nitrogens with one attached hydrogen (secondary N) is 2. The summed E-state index contributed by atoms with van der Waals surface area (Å²) >= 11 is 5.06. The monoisotopic (exact) mass is 511 g/mol. The van der Waals surface area contributed by atoms with Crippen molar-refractivity contribution in [2.75, 3.05) is 18.4 Å². The van der Waals surface area contributed by atoms with Crippen LogP contribution in [-0.4, -0.2) is 29.0 Å². The molecule has 2 aliphatic rings. The van der Waals surface area contributed by atoms with Crippen molar-refractivity contribution < 1.29 is 9.90 Å². The molecule has 9 heteroatoms. The second kappa shape index (κ2) is 8.65. The zero-order chi connectivity index (χ0) is 22.2. The number of halogens is 1. The maximum absolute atomic E-state index is 13.0. The number of carbonyl (C=O) groups excluding carboxylic acids is 1. The molecule has 3 heterocycles. The highest BCUT2D eigenvalue weighted by Crippen LogP contribution is 2.42. The van der Waals surface area contributed by atoms with E-state index < -0.39 is 6.17 Å². The number of azo groups is 1. The summed E-state index contributed by atoms with van der Waals surface area (Å²) < 4.78 is 0.922. The quantitative estimate of drug-likeness (QED) is 0.382. The topological polar surface area (TPSA) is 89.3 Å². The molecule has 164 valence electrons. The van der Waals surface area contributed by atoms with Crippen LogP contribution < -0.4 is 10.6 Å². The second-order valence-electron chi connectivity index (χ2n) is 7.80. The molecule has 0 fully saturated rings. The Bertz CT molecular complexity index is 1230. The second-order valence-corrected chi connectivity index (χ2v) is 9.82. The zero-order valence-corrected chi connectivity index (χ0v) is 19.8. The Morgan fingerprint density at radius 3 is 2.78 bits per heavy atom. The van der Waals surface area contributed by atoms with Crippen molar-refractivity contribution >= 4 is 49.5 Å². The molecule has 3 N–H and O–H groups in total. The summed E-state index contributed by atoms with van der Waals surface area (Å²) in [6.07, 6.45) is 0.337. The van der Waals surface area contributed by atoms with Crippen LogP contribution in [0.5, 0.6) is 5.75 Å².